The number of carbonyl (C=O) groups excluding carboxylic acids is 1. The summed E-state index contributed by atoms with van der Waals surface area (Å²) in [6.07, 6.45) is 1.01. The average molecular weight is 380 g/mol. The zero-order chi connectivity index (χ0) is 20.3. The lowest BCUT2D eigenvalue weighted by molar-refractivity contribution is 0.101. The first-order valence-corrected chi connectivity index (χ1v) is 8.75. The fourth-order valence-corrected chi connectivity index (χ4v) is 2.93. The number of hydrogen-bond donors (Lipinski definition) is 1. The van der Waals surface area contributed by atoms with E-state index < -0.39 is 5.82 Å². The van der Waals surface area contributed by atoms with Crippen molar-refractivity contribution in [1.29, 1.82) is 0 Å². The van der Waals surface area contributed by atoms with Gasteiger partial charge >= 0.3 is 0 Å². The molecule has 3 aromatic rings. The van der Waals surface area contributed by atoms with Crippen molar-refractivity contribution in [3.63, 3.8) is 0 Å². The van der Waals surface area contributed by atoms with Gasteiger partial charge in [0.05, 0.1) is 11.8 Å². The molecule has 0 amide bonds. The van der Waals surface area contributed by atoms with Gasteiger partial charge in [0.15, 0.2) is 5.78 Å². The molecule has 0 fully saturated rings. The van der Waals surface area contributed by atoms with Crippen LogP contribution in [0.5, 0.6) is 17.4 Å². The zero-order valence-corrected chi connectivity index (χ0v) is 15.9. The zero-order valence-electron chi connectivity index (χ0n) is 15.9. The van der Waals surface area contributed by atoms with Crippen molar-refractivity contribution in [3.05, 3.63) is 71.7 Å². The van der Waals surface area contributed by atoms with E-state index in [0.29, 0.717) is 12.3 Å². The SMILES string of the molecule is CC(=O)c1cc(F)cnc1Oc1cccc(-c2ccc(O)cc2CN(C)C)c1. The number of nitrogens with zero attached hydrogens (tertiary/aromatic N) is 2. The molecule has 0 radical (unpaired) electrons. The summed E-state index contributed by atoms with van der Waals surface area (Å²) in [5, 5.41) is 9.84. The van der Waals surface area contributed by atoms with Crippen molar-refractivity contribution < 1.29 is 19.0 Å². The van der Waals surface area contributed by atoms with Crippen molar-refractivity contribution >= 4 is 5.78 Å². The van der Waals surface area contributed by atoms with Gasteiger partial charge in [0, 0.05) is 6.54 Å². The summed E-state index contributed by atoms with van der Waals surface area (Å²) in [7, 11) is 3.91. The molecule has 0 unspecified atom stereocenters. The predicted molar refractivity (Wildman–Crippen MR) is 105 cm³/mol. The van der Waals surface area contributed by atoms with Gasteiger partial charge in [-0.25, -0.2) is 9.37 Å². The van der Waals surface area contributed by atoms with Crippen molar-refractivity contribution in [1.82, 2.24) is 9.88 Å². The Morgan fingerprint density at radius 1 is 1.18 bits per heavy atom. The van der Waals surface area contributed by atoms with E-state index in [4.69, 9.17) is 4.74 Å². The number of phenolic OH excluding ortho intramolecular Hbond substituents is 1. The maximum Gasteiger partial charge on any atom is 0.230 e. The summed E-state index contributed by atoms with van der Waals surface area (Å²) in [5.41, 5.74) is 2.89. The van der Waals surface area contributed by atoms with Crippen LogP contribution in [0.25, 0.3) is 11.1 Å². The lowest BCUT2D eigenvalue weighted by atomic mass is 9.99. The molecule has 6 heteroatoms. The first kappa shape index (κ1) is 19.5. The molecule has 0 aliphatic carbocycles. The van der Waals surface area contributed by atoms with E-state index in [1.165, 1.54) is 6.92 Å². The number of Topliss-reactive ketones (excluding diaryl/α,β-unsaturated/α-hetero) is 1. The number of aromatic hydroxyl groups is 1. The molecule has 0 bridgehead atoms. The number of halogens is 1. The molecule has 1 N–H and O–H groups in total. The van der Waals surface area contributed by atoms with Crippen molar-refractivity contribution in [2.24, 2.45) is 0 Å². The van der Waals surface area contributed by atoms with Gasteiger partial charge in [-0.15, -0.1) is 0 Å². The average Bonchev–Trinajstić information content (AvgIpc) is 2.63. The number of ether oxygens (including phenoxy) is 1. The van der Waals surface area contributed by atoms with Crippen LogP contribution in [0.4, 0.5) is 4.39 Å². The number of benzene rings is 2. The van der Waals surface area contributed by atoms with Crippen LogP contribution in [0.15, 0.2) is 54.7 Å². The summed E-state index contributed by atoms with van der Waals surface area (Å²) in [6.45, 7) is 1.99. The number of hydrogen-bond acceptors (Lipinski definition) is 5. The highest BCUT2D eigenvalue weighted by Gasteiger charge is 2.14. The van der Waals surface area contributed by atoms with Crippen LogP contribution in [-0.2, 0) is 6.54 Å². The van der Waals surface area contributed by atoms with Crippen LogP contribution in [-0.4, -0.2) is 34.9 Å². The first-order valence-electron chi connectivity index (χ1n) is 8.75. The Morgan fingerprint density at radius 2 is 1.96 bits per heavy atom. The van der Waals surface area contributed by atoms with Gasteiger partial charge in [-0.1, -0.05) is 18.2 Å². The Bertz CT molecular complexity index is 1020. The minimum atomic E-state index is -0.594. The standard InChI is InChI=1S/C22H21FN2O3/c1-14(26)21-11-17(23)12-24-22(21)28-19-6-4-5-15(10-19)20-8-7-18(27)9-16(20)13-25(2)3/h4-12,27H,13H2,1-3H3. The van der Waals surface area contributed by atoms with Crippen molar-refractivity contribution in [3.8, 4) is 28.5 Å². The highest BCUT2D eigenvalue weighted by molar-refractivity contribution is 5.96. The van der Waals surface area contributed by atoms with Gasteiger partial charge in [0.25, 0.3) is 0 Å². The third-order valence-electron chi connectivity index (χ3n) is 4.13. The van der Waals surface area contributed by atoms with Gasteiger partial charge < -0.3 is 14.7 Å². The second kappa shape index (κ2) is 8.19. The van der Waals surface area contributed by atoms with Crippen LogP contribution in [0.2, 0.25) is 0 Å². The molecule has 2 aromatic carbocycles. The third-order valence-corrected chi connectivity index (χ3v) is 4.13. The second-order valence-electron chi connectivity index (χ2n) is 6.77. The van der Waals surface area contributed by atoms with E-state index >= 15 is 0 Å². The van der Waals surface area contributed by atoms with Crippen LogP contribution in [0.1, 0.15) is 22.8 Å². The molecule has 144 valence electrons. The van der Waals surface area contributed by atoms with Crippen LogP contribution in [0.3, 0.4) is 0 Å². The maximum absolute atomic E-state index is 13.4. The van der Waals surface area contributed by atoms with Crippen molar-refractivity contribution in [2.75, 3.05) is 14.1 Å². The third kappa shape index (κ3) is 4.53. The van der Waals surface area contributed by atoms with Gasteiger partial charge in [0.2, 0.25) is 5.88 Å². The number of phenols is 1. The molecule has 28 heavy (non-hydrogen) atoms. The lowest BCUT2D eigenvalue weighted by Crippen LogP contribution is -2.11. The summed E-state index contributed by atoms with van der Waals surface area (Å²) >= 11 is 0. The van der Waals surface area contributed by atoms with E-state index in [9.17, 15) is 14.3 Å². The Morgan fingerprint density at radius 3 is 2.68 bits per heavy atom. The molecule has 5 nitrogen and oxygen atoms in total. The van der Waals surface area contributed by atoms with Gasteiger partial charge in [-0.05, 0) is 68.0 Å². The number of carbonyl (C=O) groups is 1. The Hall–Kier alpha value is -3.25. The number of rotatable bonds is 6. The maximum atomic E-state index is 13.4. The highest BCUT2D eigenvalue weighted by atomic mass is 19.1. The number of pyridine rings is 1. The van der Waals surface area contributed by atoms with Crippen LogP contribution >= 0.6 is 0 Å². The predicted octanol–water partition coefficient (Wildman–Crippen LogP) is 4.65. The quantitative estimate of drug-likeness (QED) is 0.631. The fraction of sp³-hybridized carbons (Fsp3) is 0.182. The van der Waals surface area contributed by atoms with Crippen molar-refractivity contribution in [2.45, 2.75) is 13.5 Å². The summed E-state index contributed by atoms with van der Waals surface area (Å²) < 4.78 is 19.2. The normalized spacial score (nSPS) is 10.9. The van der Waals surface area contributed by atoms with E-state index in [0.717, 1.165) is 29.0 Å². The van der Waals surface area contributed by atoms with Gasteiger partial charge in [-0.2, -0.15) is 0 Å². The van der Waals surface area contributed by atoms with Crippen LogP contribution < -0.4 is 4.74 Å². The minimum Gasteiger partial charge on any atom is -0.508 e. The van der Waals surface area contributed by atoms with Gasteiger partial charge in [0.1, 0.15) is 17.3 Å². The molecule has 0 saturated carbocycles. The van der Waals surface area contributed by atoms with E-state index in [-0.39, 0.29) is 23.0 Å². The second-order valence-corrected chi connectivity index (χ2v) is 6.77. The molecule has 0 aliphatic rings. The highest BCUT2D eigenvalue weighted by Crippen LogP contribution is 2.32. The fourth-order valence-electron chi connectivity index (χ4n) is 2.93. The number of aromatic nitrogens is 1. The molecular weight excluding hydrogens is 359 g/mol. The molecular formula is C22H21FN2O3. The monoisotopic (exact) mass is 380 g/mol. The molecule has 1 aromatic heterocycles. The molecule has 1 heterocycles. The summed E-state index contributed by atoms with van der Waals surface area (Å²) in [6, 6.07) is 13.7. The molecule has 0 atom stereocenters. The summed E-state index contributed by atoms with van der Waals surface area (Å²) in [4.78, 5) is 17.7. The van der Waals surface area contributed by atoms with Crippen LogP contribution in [0, 0.1) is 5.82 Å². The Balaban J connectivity index is 1.98. The topological polar surface area (TPSA) is 62.7 Å². The largest absolute Gasteiger partial charge is 0.508 e. The lowest BCUT2D eigenvalue weighted by Gasteiger charge is -2.16. The van der Waals surface area contributed by atoms with E-state index in [1.54, 1.807) is 18.2 Å². The first-order chi connectivity index (χ1) is 13.3. The Kier molecular flexibility index (Phi) is 5.70. The molecule has 0 aliphatic heterocycles. The molecule has 0 saturated heterocycles. The Labute approximate surface area is 163 Å². The molecule has 0 spiro atoms. The summed E-state index contributed by atoms with van der Waals surface area (Å²) in [5.74, 6) is -0.184. The van der Waals surface area contributed by atoms with E-state index in [1.807, 2.05) is 43.3 Å². The smallest absolute Gasteiger partial charge is 0.230 e. The van der Waals surface area contributed by atoms with Gasteiger partial charge in [-0.3, -0.25) is 4.79 Å². The van der Waals surface area contributed by atoms with E-state index in [2.05, 4.69) is 4.98 Å². The molecule has 3 rings (SSSR count). The minimum absolute atomic E-state index is 0.0604. The number of ketones is 1.